The highest BCUT2D eigenvalue weighted by atomic mass is 15.1. The Morgan fingerprint density at radius 2 is 1.92 bits per heavy atom. The summed E-state index contributed by atoms with van der Waals surface area (Å²) < 4.78 is 0. The second-order valence-corrected chi connectivity index (χ2v) is 3.64. The van der Waals surface area contributed by atoms with Gasteiger partial charge in [0.1, 0.15) is 0 Å². The summed E-state index contributed by atoms with van der Waals surface area (Å²) in [6.07, 6.45) is 2.61. The summed E-state index contributed by atoms with van der Waals surface area (Å²) in [6, 6.07) is 0.759. The van der Waals surface area contributed by atoms with E-state index < -0.39 is 0 Å². The minimum atomic E-state index is 0.759. The molecule has 3 nitrogen and oxygen atoms in total. The van der Waals surface area contributed by atoms with Gasteiger partial charge >= 0.3 is 0 Å². The molecular weight excluding hydrogens is 150 g/mol. The molecule has 0 radical (unpaired) electrons. The lowest BCUT2D eigenvalue weighted by molar-refractivity contribution is 0.235. The molecule has 0 aromatic carbocycles. The number of hydrogen-bond donors (Lipinski definition) is 2. The van der Waals surface area contributed by atoms with Crippen molar-refractivity contribution in [3.8, 4) is 0 Å². The lowest BCUT2D eigenvalue weighted by Gasteiger charge is -2.29. The van der Waals surface area contributed by atoms with Crippen molar-refractivity contribution in [2.24, 2.45) is 0 Å². The van der Waals surface area contributed by atoms with E-state index in [-0.39, 0.29) is 0 Å². The molecule has 1 aliphatic rings. The van der Waals surface area contributed by atoms with Crippen LogP contribution in [0.2, 0.25) is 0 Å². The van der Waals surface area contributed by atoms with Gasteiger partial charge in [0.25, 0.3) is 0 Å². The Kier molecular flexibility index (Phi) is 4.58. The van der Waals surface area contributed by atoms with Gasteiger partial charge in [-0.25, -0.2) is 0 Å². The second-order valence-electron chi connectivity index (χ2n) is 3.64. The average molecular weight is 171 g/mol. The molecule has 0 atom stereocenters. The van der Waals surface area contributed by atoms with Gasteiger partial charge in [-0.3, -0.25) is 0 Å². The molecule has 0 unspecified atom stereocenters. The predicted molar refractivity (Wildman–Crippen MR) is 52.4 cm³/mol. The van der Waals surface area contributed by atoms with Crippen LogP contribution in [-0.2, 0) is 0 Å². The Bertz CT molecular complexity index is 108. The van der Waals surface area contributed by atoms with Crippen molar-refractivity contribution < 1.29 is 0 Å². The first-order chi connectivity index (χ1) is 5.83. The van der Waals surface area contributed by atoms with Crippen LogP contribution >= 0.6 is 0 Å². The fourth-order valence-electron chi connectivity index (χ4n) is 1.61. The zero-order valence-corrected chi connectivity index (χ0v) is 8.27. The summed E-state index contributed by atoms with van der Waals surface area (Å²) in [7, 11) is 4.19. The van der Waals surface area contributed by atoms with Gasteiger partial charge < -0.3 is 15.5 Å². The van der Waals surface area contributed by atoms with Crippen LogP contribution in [0.15, 0.2) is 0 Å². The Morgan fingerprint density at radius 1 is 1.25 bits per heavy atom. The number of nitrogens with one attached hydrogen (secondary N) is 2. The number of hydrogen-bond acceptors (Lipinski definition) is 3. The molecule has 0 aliphatic carbocycles. The lowest BCUT2D eigenvalue weighted by Crippen LogP contribution is -2.42. The molecule has 0 aromatic rings. The number of likely N-dealkylation sites (tertiary alicyclic amines) is 1. The predicted octanol–water partition coefficient (Wildman–Crippen LogP) is -0.110. The van der Waals surface area contributed by atoms with E-state index in [2.05, 4.69) is 22.6 Å². The number of rotatable bonds is 4. The summed E-state index contributed by atoms with van der Waals surface area (Å²) in [6.45, 7) is 4.67. The maximum absolute atomic E-state index is 3.55. The van der Waals surface area contributed by atoms with Crippen molar-refractivity contribution in [2.45, 2.75) is 18.9 Å². The highest BCUT2D eigenvalue weighted by Gasteiger charge is 2.14. The third-order valence-electron chi connectivity index (χ3n) is 2.53. The zero-order chi connectivity index (χ0) is 8.81. The fraction of sp³-hybridized carbons (Fsp3) is 1.00. The van der Waals surface area contributed by atoms with Crippen LogP contribution in [0, 0.1) is 0 Å². The van der Waals surface area contributed by atoms with Gasteiger partial charge in [0.05, 0.1) is 0 Å². The van der Waals surface area contributed by atoms with Crippen LogP contribution in [0.4, 0.5) is 0 Å². The van der Waals surface area contributed by atoms with E-state index in [1.54, 1.807) is 0 Å². The Hall–Kier alpha value is -0.120. The molecule has 72 valence electrons. The van der Waals surface area contributed by atoms with Crippen molar-refractivity contribution in [3.63, 3.8) is 0 Å². The second kappa shape index (κ2) is 5.51. The maximum Gasteiger partial charge on any atom is 0.00919 e. The average Bonchev–Trinajstić information content (AvgIpc) is 2.09. The van der Waals surface area contributed by atoms with Crippen LogP contribution in [0.5, 0.6) is 0 Å². The molecule has 12 heavy (non-hydrogen) atoms. The molecular formula is C9H21N3. The SMILES string of the molecule is CNCCNC1CCN(C)CC1. The standard InChI is InChI=1S/C9H21N3/c1-10-5-6-11-9-3-7-12(2)8-4-9/h9-11H,3-8H2,1-2H3. The van der Waals surface area contributed by atoms with Crippen LogP contribution in [-0.4, -0.2) is 51.2 Å². The van der Waals surface area contributed by atoms with Crippen molar-refractivity contribution in [2.75, 3.05) is 40.3 Å². The van der Waals surface area contributed by atoms with Crippen molar-refractivity contribution >= 4 is 0 Å². The van der Waals surface area contributed by atoms with Crippen molar-refractivity contribution in [1.82, 2.24) is 15.5 Å². The first-order valence-corrected chi connectivity index (χ1v) is 4.89. The minimum Gasteiger partial charge on any atom is -0.318 e. The zero-order valence-electron chi connectivity index (χ0n) is 8.27. The maximum atomic E-state index is 3.55. The smallest absolute Gasteiger partial charge is 0.00919 e. The molecule has 0 aromatic heterocycles. The monoisotopic (exact) mass is 171 g/mol. The molecule has 0 saturated carbocycles. The van der Waals surface area contributed by atoms with E-state index in [4.69, 9.17) is 0 Å². The number of likely N-dealkylation sites (N-methyl/N-ethyl adjacent to an activating group) is 1. The van der Waals surface area contributed by atoms with Gasteiger partial charge in [0, 0.05) is 19.1 Å². The van der Waals surface area contributed by atoms with Crippen LogP contribution in [0.25, 0.3) is 0 Å². The van der Waals surface area contributed by atoms with Gasteiger partial charge in [-0.15, -0.1) is 0 Å². The summed E-state index contributed by atoms with van der Waals surface area (Å²) in [4.78, 5) is 2.40. The molecule has 2 N–H and O–H groups in total. The minimum absolute atomic E-state index is 0.759. The third-order valence-corrected chi connectivity index (χ3v) is 2.53. The molecule has 1 heterocycles. The molecule has 1 fully saturated rings. The molecule has 1 saturated heterocycles. The first-order valence-electron chi connectivity index (χ1n) is 4.89. The highest BCUT2D eigenvalue weighted by molar-refractivity contribution is 4.75. The fourth-order valence-corrected chi connectivity index (χ4v) is 1.61. The molecule has 0 bridgehead atoms. The van der Waals surface area contributed by atoms with Gasteiger partial charge in [0.2, 0.25) is 0 Å². The third kappa shape index (κ3) is 3.52. The van der Waals surface area contributed by atoms with Crippen LogP contribution < -0.4 is 10.6 Å². The van der Waals surface area contributed by atoms with E-state index in [1.807, 2.05) is 7.05 Å². The Morgan fingerprint density at radius 3 is 2.50 bits per heavy atom. The Labute approximate surface area is 75.5 Å². The highest BCUT2D eigenvalue weighted by Crippen LogP contribution is 2.07. The van der Waals surface area contributed by atoms with Gasteiger partial charge in [-0.1, -0.05) is 0 Å². The Balaban J connectivity index is 2.01. The van der Waals surface area contributed by atoms with Gasteiger partial charge in [-0.2, -0.15) is 0 Å². The molecule has 0 amide bonds. The summed E-state index contributed by atoms with van der Waals surface area (Å²) in [5.41, 5.74) is 0. The first kappa shape index (κ1) is 9.96. The number of nitrogens with zero attached hydrogens (tertiary/aromatic N) is 1. The van der Waals surface area contributed by atoms with E-state index in [1.165, 1.54) is 25.9 Å². The van der Waals surface area contributed by atoms with Crippen LogP contribution in [0.1, 0.15) is 12.8 Å². The summed E-state index contributed by atoms with van der Waals surface area (Å²) >= 11 is 0. The molecule has 0 spiro atoms. The topological polar surface area (TPSA) is 27.3 Å². The van der Waals surface area contributed by atoms with Crippen molar-refractivity contribution in [1.29, 1.82) is 0 Å². The molecule has 1 rings (SSSR count). The van der Waals surface area contributed by atoms with E-state index in [9.17, 15) is 0 Å². The summed E-state index contributed by atoms with van der Waals surface area (Å²) in [5.74, 6) is 0. The van der Waals surface area contributed by atoms with Gasteiger partial charge in [-0.05, 0) is 40.0 Å². The summed E-state index contributed by atoms with van der Waals surface area (Å²) in [5, 5.41) is 6.70. The molecule has 1 aliphatic heterocycles. The van der Waals surface area contributed by atoms with Crippen LogP contribution in [0.3, 0.4) is 0 Å². The lowest BCUT2D eigenvalue weighted by atomic mass is 10.1. The molecule has 3 heteroatoms. The number of piperidine rings is 1. The van der Waals surface area contributed by atoms with E-state index in [0.29, 0.717) is 0 Å². The quantitative estimate of drug-likeness (QED) is 0.578. The van der Waals surface area contributed by atoms with E-state index >= 15 is 0 Å². The van der Waals surface area contributed by atoms with E-state index in [0.717, 1.165) is 19.1 Å². The van der Waals surface area contributed by atoms with Gasteiger partial charge in [0.15, 0.2) is 0 Å². The normalized spacial score (nSPS) is 21.5. The largest absolute Gasteiger partial charge is 0.318 e. The van der Waals surface area contributed by atoms with Crippen molar-refractivity contribution in [3.05, 3.63) is 0 Å².